The van der Waals surface area contributed by atoms with Gasteiger partial charge in [-0.1, -0.05) is 23.7 Å². The molecule has 0 radical (unpaired) electrons. The molecule has 1 amide bonds. The number of rotatable bonds is 7. The highest BCUT2D eigenvalue weighted by atomic mass is 35.5. The number of morpholine rings is 1. The fourth-order valence-corrected chi connectivity index (χ4v) is 4.76. The van der Waals surface area contributed by atoms with Gasteiger partial charge in [-0.15, -0.1) is 0 Å². The van der Waals surface area contributed by atoms with Crippen LogP contribution in [-0.2, 0) is 21.5 Å². The maximum atomic E-state index is 12.7. The average Bonchev–Trinajstić information content (AvgIpc) is 3.28. The second-order valence-electron chi connectivity index (χ2n) is 6.91. The lowest BCUT2D eigenvalue weighted by atomic mass is 10.3. The number of para-hydroxylation sites is 1. The second kappa shape index (κ2) is 9.70. The molecule has 1 N–H and O–H groups in total. The first kappa shape index (κ1) is 22.3. The monoisotopic (exact) mass is 476 g/mol. The molecule has 0 saturated carbocycles. The lowest BCUT2D eigenvalue weighted by Crippen LogP contribution is -2.40. The number of aromatic nitrogens is 2. The van der Waals surface area contributed by atoms with E-state index < -0.39 is 15.9 Å². The van der Waals surface area contributed by atoms with Crippen molar-refractivity contribution < 1.29 is 22.7 Å². The van der Waals surface area contributed by atoms with Gasteiger partial charge < -0.3 is 14.8 Å². The number of benzene rings is 2. The first-order valence-electron chi connectivity index (χ1n) is 9.83. The molecule has 2 aromatic carbocycles. The normalized spacial score (nSPS) is 14.8. The van der Waals surface area contributed by atoms with E-state index in [9.17, 15) is 13.2 Å². The first-order chi connectivity index (χ1) is 15.4. The summed E-state index contributed by atoms with van der Waals surface area (Å²) in [6, 6.07) is 14.6. The van der Waals surface area contributed by atoms with Crippen LogP contribution in [0, 0.1) is 0 Å². The van der Waals surface area contributed by atoms with Gasteiger partial charge in [0, 0.05) is 25.0 Å². The number of anilines is 1. The van der Waals surface area contributed by atoms with Gasteiger partial charge >= 0.3 is 0 Å². The average molecular weight is 477 g/mol. The number of nitrogens with one attached hydrogen (secondary N) is 1. The van der Waals surface area contributed by atoms with Crippen LogP contribution in [0.2, 0.25) is 5.02 Å². The minimum atomic E-state index is -3.60. The number of carbonyl (C=O) groups is 1. The Morgan fingerprint density at radius 3 is 2.53 bits per heavy atom. The van der Waals surface area contributed by atoms with Crippen molar-refractivity contribution in [2.75, 3.05) is 31.6 Å². The molecule has 1 aliphatic heterocycles. The van der Waals surface area contributed by atoms with Crippen LogP contribution in [0.5, 0.6) is 5.75 Å². The van der Waals surface area contributed by atoms with Crippen LogP contribution in [0.25, 0.3) is 0 Å². The van der Waals surface area contributed by atoms with Crippen molar-refractivity contribution in [1.82, 2.24) is 14.1 Å². The molecular weight excluding hydrogens is 456 g/mol. The number of hydrogen-bond acceptors (Lipinski definition) is 6. The van der Waals surface area contributed by atoms with Crippen LogP contribution in [-0.4, -0.2) is 54.7 Å². The van der Waals surface area contributed by atoms with Crippen LogP contribution in [0.4, 0.5) is 5.69 Å². The molecular formula is C21H21ClN4O5S. The molecule has 168 valence electrons. The third-order valence-electron chi connectivity index (χ3n) is 4.85. The number of carbonyl (C=O) groups excluding carboxylic acids is 1. The van der Waals surface area contributed by atoms with Crippen LogP contribution in [0.1, 0.15) is 10.5 Å². The van der Waals surface area contributed by atoms with Gasteiger partial charge in [0.05, 0.1) is 23.1 Å². The van der Waals surface area contributed by atoms with E-state index in [1.807, 2.05) is 0 Å². The molecule has 0 aliphatic carbocycles. The van der Waals surface area contributed by atoms with E-state index in [2.05, 4.69) is 10.4 Å². The quantitative estimate of drug-likeness (QED) is 0.562. The summed E-state index contributed by atoms with van der Waals surface area (Å²) in [4.78, 5) is 12.9. The van der Waals surface area contributed by atoms with Gasteiger partial charge in [-0.2, -0.15) is 9.40 Å². The molecule has 0 unspecified atom stereocenters. The maximum Gasteiger partial charge on any atom is 0.274 e. The Morgan fingerprint density at radius 2 is 1.81 bits per heavy atom. The summed E-state index contributed by atoms with van der Waals surface area (Å²) >= 11 is 6.08. The summed E-state index contributed by atoms with van der Waals surface area (Å²) in [6.07, 6.45) is 1.49. The van der Waals surface area contributed by atoms with Crippen LogP contribution < -0.4 is 10.1 Å². The molecule has 2 heterocycles. The Labute approximate surface area is 190 Å². The number of sulfonamides is 1. The molecule has 32 heavy (non-hydrogen) atoms. The van der Waals surface area contributed by atoms with Gasteiger partial charge in [-0.25, -0.2) is 13.1 Å². The Bertz CT molecular complexity index is 1190. The predicted octanol–water partition coefficient (Wildman–Crippen LogP) is 2.85. The standard InChI is InChI=1S/C21H21ClN4O5S/c22-18-3-1-2-4-20(18)31-15-26-19(9-10-23-26)21(27)24-16-5-7-17(8-6-16)32(28,29)25-11-13-30-14-12-25/h1-10H,11-15H2,(H,24,27). The summed E-state index contributed by atoms with van der Waals surface area (Å²) in [7, 11) is -3.60. The van der Waals surface area contributed by atoms with Crippen LogP contribution >= 0.6 is 11.6 Å². The third-order valence-corrected chi connectivity index (χ3v) is 7.07. The lowest BCUT2D eigenvalue weighted by molar-refractivity contribution is 0.0730. The molecule has 1 aliphatic rings. The Hall–Kier alpha value is -2.92. The summed E-state index contributed by atoms with van der Waals surface area (Å²) in [5.74, 6) is 0.0714. The number of amides is 1. The number of hydrogen-bond donors (Lipinski definition) is 1. The largest absolute Gasteiger partial charge is 0.470 e. The minimum absolute atomic E-state index is 0.00375. The zero-order valence-corrected chi connectivity index (χ0v) is 18.6. The fraction of sp³-hybridized carbons (Fsp3) is 0.238. The SMILES string of the molecule is O=C(Nc1ccc(S(=O)(=O)N2CCOCC2)cc1)c1ccnn1COc1ccccc1Cl. The molecule has 1 fully saturated rings. The van der Waals surface area contributed by atoms with E-state index >= 15 is 0 Å². The van der Waals surface area contributed by atoms with Gasteiger partial charge in [-0.3, -0.25) is 4.79 Å². The number of ether oxygens (including phenoxy) is 2. The molecule has 0 bridgehead atoms. The summed E-state index contributed by atoms with van der Waals surface area (Å²) in [6.45, 7) is 1.39. The van der Waals surface area contributed by atoms with Crippen molar-refractivity contribution in [3.8, 4) is 5.75 Å². The lowest BCUT2D eigenvalue weighted by Gasteiger charge is -2.26. The van der Waals surface area contributed by atoms with Crippen LogP contribution in [0.3, 0.4) is 0 Å². The van der Waals surface area contributed by atoms with Crippen molar-refractivity contribution >= 4 is 33.2 Å². The van der Waals surface area contributed by atoms with E-state index in [-0.39, 0.29) is 17.3 Å². The van der Waals surface area contributed by atoms with Gasteiger partial charge in [0.25, 0.3) is 5.91 Å². The van der Waals surface area contributed by atoms with E-state index in [1.54, 1.807) is 42.5 Å². The Kier molecular flexibility index (Phi) is 6.75. The molecule has 1 aromatic heterocycles. The van der Waals surface area contributed by atoms with Gasteiger partial charge in [0.1, 0.15) is 11.4 Å². The van der Waals surface area contributed by atoms with Crippen LogP contribution in [0.15, 0.2) is 65.7 Å². The van der Waals surface area contributed by atoms with Crippen molar-refractivity contribution in [1.29, 1.82) is 0 Å². The van der Waals surface area contributed by atoms with Gasteiger partial charge in [0.15, 0.2) is 6.73 Å². The van der Waals surface area contributed by atoms with Crippen molar-refractivity contribution in [2.24, 2.45) is 0 Å². The van der Waals surface area contributed by atoms with E-state index in [0.717, 1.165) is 0 Å². The highest BCUT2D eigenvalue weighted by Crippen LogP contribution is 2.24. The summed E-state index contributed by atoms with van der Waals surface area (Å²) in [5, 5.41) is 7.31. The molecule has 0 atom stereocenters. The topological polar surface area (TPSA) is 103 Å². The van der Waals surface area contributed by atoms with Gasteiger partial charge in [-0.05, 0) is 42.5 Å². The number of nitrogens with zero attached hydrogens (tertiary/aromatic N) is 3. The molecule has 11 heteroatoms. The molecule has 4 rings (SSSR count). The molecule has 3 aromatic rings. The Balaban J connectivity index is 1.41. The number of halogens is 1. The second-order valence-corrected chi connectivity index (χ2v) is 9.26. The minimum Gasteiger partial charge on any atom is -0.470 e. The molecule has 0 spiro atoms. The fourth-order valence-electron chi connectivity index (χ4n) is 3.16. The Morgan fingerprint density at radius 1 is 1.09 bits per heavy atom. The summed E-state index contributed by atoms with van der Waals surface area (Å²) in [5.41, 5.74) is 0.734. The smallest absolute Gasteiger partial charge is 0.274 e. The zero-order chi connectivity index (χ0) is 22.6. The summed E-state index contributed by atoms with van der Waals surface area (Å²) < 4.78 is 39.1. The van der Waals surface area contributed by atoms with Crippen molar-refractivity contribution in [2.45, 2.75) is 11.6 Å². The van der Waals surface area contributed by atoms with E-state index in [4.69, 9.17) is 21.1 Å². The van der Waals surface area contributed by atoms with Gasteiger partial charge in [0.2, 0.25) is 10.0 Å². The molecule has 9 nitrogen and oxygen atoms in total. The van der Waals surface area contributed by atoms with Crippen molar-refractivity contribution in [3.63, 3.8) is 0 Å². The third kappa shape index (κ3) is 4.94. The highest BCUT2D eigenvalue weighted by molar-refractivity contribution is 7.89. The van der Waals surface area contributed by atoms with E-state index in [1.165, 1.54) is 27.3 Å². The maximum absolute atomic E-state index is 12.7. The van der Waals surface area contributed by atoms with E-state index in [0.29, 0.717) is 42.8 Å². The highest BCUT2D eigenvalue weighted by Gasteiger charge is 2.26. The zero-order valence-electron chi connectivity index (χ0n) is 17.0. The predicted molar refractivity (Wildman–Crippen MR) is 118 cm³/mol. The molecule has 1 saturated heterocycles. The first-order valence-corrected chi connectivity index (χ1v) is 11.7. The van der Waals surface area contributed by atoms with Crippen molar-refractivity contribution in [3.05, 3.63) is 71.5 Å².